The summed E-state index contributed by atoms with van der Waals surface area (Å²) < 4.78 is 5.34. The number of nitrogens with one attached hydrogen (secondary N) is 2. The zero-order valence-corrected chi connectivity index (χ0v) is 12.2. The van der Waals surface area contributed by atoms with Gasteiger partial charge in [-0.15, -0.1) is 0 Å². The van der Waals surface area contributed by atoms with Crippen molar-refractivity contribution in [3.05, 3.63) is 23.2 Å². The molecule has 3 rings (SSSR count). The van der Waals surface area contributed by atoms with E-state index in [-0.39, 0.29) is 11.9 Å². The molecule has 1 aromatic carbocycles. The average molecular weight is 310 g/mol. The van der Waals surface area contributed by atoms with E-state index in [1.54, 1.807) is 23.1 Å². The highest BCUT2D eigenvalue weighted by molar-refractivity contribution is 6.34. The Bertz CT molecular complexity index is 573. The topological polar surface area (TPSA) is 70.7 Å². The molecule has 2 fully saturated rings. The lowest BCUT2D eigenvalue weighted by molar-refractivity contribution is -0.124. The molecule has 2 saturated heterocycles. The van der Waals surface area contributed by atoms with Gasteiger partial charge in [0.2, 0.25) is 0 Å². The Morgan fingerprint density at radius 3 is 3.00 bits per heavy atom. The number of urea groups is 1. The molecule has 112 valence electrons. The number of halogens is 1. The van der Waals surface area contributed by atoms with E-state index < -0.39 is 6.10 Å². The van der Waals surface area contributed by atoms with Crippen LogP contribution >= 0.6 is 11.6 Å². The van der Waals surface area contributed by atoms with Crippen LogP contribution in [-0.4, -0.2) is 37.7 Å². The minimum atomic E-state index is -0.417. The van der Waals surface area contributed by atoms with Crippen LogP contribution in [0.25, 0.3) is 0 Å². The maximum Gasteiger partial charge on any atom is 0.321 e. The van der Waals surface area contributed by atoms with E-state index in [1.165, 1.54) is 0 Å². The van der Waals surface area contributed by atoms with E-state index in [4.69, 9.17) is 16.3 Å². The van der Waals surface area contributed by atoms with E-state index in [0.717, 1.165) is 12.8 Å². The van der Waals surface area contributed by atoms with Gasteiger partial charge < -0.3 is 15.4 Å². The van der Waals surface area contributed by atoms with E-state index in [0.29, 0.717) is 36.1 Å². The van der Waals surface area contributed by atoms with Gasteiger partial charge in [-0.2, -0.15) is 0 Å². The Hall–Kier alpha value is -1.79. The number of hydrogen-bond acceptors (Lipinski definition) is 3. The van der Waals surface area contributed by atoms with E-state index >= 15 is 0 Å². The molecule has 0 aliphatic carbocycles. The summed E-state index contributed by atoms with van der Waals surface area (Å²) in [5, 5.41) is 5.95. The van der Waals surface area contributed by atoms with E-state index in [1.807, 2.05) is 0 Å². The third-order valence-electron chi connectivity index (χ3n) is 3.60. The number of carbonyl (C=O) groups is 2. The summed E-state index contributed by atoms with van der Waals surface area (Å²) in [6.45, 7) is 1.82. The van der Waals surface area contributed by atoms with Gasteiger partial charge in [0.25, 0.3) is 5.91 Å². The monoisotopic (exact) mass is 309 g/mol. The van der Waals surface area contributed by atoms with E-state index in [9.17, 15) is 9.59 Å². The number of hydrogen-bond donors (Lipinski definition) is 2. The van der Waals surface area contributed by atoms with Crippen LogP contribution in [-0.2, 0) is 9.53 Å². The van der Waals surface area contributed by atoms with Crippen LogP contribution in [0.15, 0.2) is 18.2 Å². The molecular weight excluding hydrogens is 294 g/mol. The van der Waals surface area contributed by atoms with Crippen LogP contribution in [0, 0.1) is 0 Å². The zero-order valence-electron chi connectivity index (χ0n) is 11.4. The fourth-order valence-corrected chi connectivity index (χ4v) is 2.66. The van der Waals surface area contributed by atoms with Gasteiger partial charge >= 0.3 is 6.03 Å². The van der Waals surface area contributed by atoms with Crippen LogP contribution in [0.2, 0.25) is 5.02 Å². The van der Waals surface area contributed by atoms with Crippen molar-refractivity contribution in [3.63, 3.8) is 0 Å². The first-order valence-electron chi connectivity index (χ1n) is 6.92. The third kappa shape index (κ3) is 2.96. The lowest BCUT2D eigenvalue weighted by Gasteiger charge is -2.17. The first-order valence-corrected chi connectivity index (χ1v) is 7.30. The Balaban J connectivity index is 1.77. The molecule has 3 amide bonds. The van der Waals surface area contributed by atoms with Crippen molar-refractivity contribution in [3.8, 4) is 0 Å². The summed E-state index contributed by atoms with van der Waals surface area (Å²) in [6.07, 6.45) is 1.19. The van der Waals surface area contributed by atoms with Gasteiger partial charge in [0.15, 0.2) is 0 Å². The van der Waals surface area contributed by atoms with Crippen molar-refractivity contribution in [2.45, 2.75) is 18.9 Å². The maximum atomic E-state index is 12.1. The first kappa shape index (κ1) is 14.2. The van der Waals surface area contributed by atoms with Crippen LogP contribution < -0.4 is 15.5 Å². The first-order chi connectivity index (χ1) is 10.1. The Morgan fingerprint density at radius 1 is 1.48 bits per heavy atom. The van der Waals surface area contributed by atoms with E-state index in [2.05, 4.69) is 10.6 Å². The molecule has 0 bridgehead atoms. The second-order valence-corrected chi connectivity index (χ2v) is 5.45. The number of amides is 3. The minimum Gasteiger partial charge on any atom is -0.368 e. The summed E-state index contributed by atoms with van der Waals surface area (Å²) in [4.78, 5) is 25.4. The second kappa shape index (κ2) is 5.91. The predicted molar refractivity (Wildman–Crippen MR) is 79.8 cm³/mol. The number of rotatable bonds is 3. The fourth-order valence-electron chi connectivity index (χ4n) is 2.49. The summed E-state index contributed by atoms with van der Waals surface area (Å²) in [5.41, 5.74) is 1.20. The van der Waals surface area contributed by atoms with Gasteiger partial charge in [0.05, 0.1) is 10.7 Å². The molecular formula is C14H16ClN3O3. The highest BCUT2D eigenvalue weighted by Crippen LogP contribution is 2.29. The molecule has 0 radical (unpaired) electrons. The number of anilines is 2. The molecule has 0 unspecified atom stereocenters. The molecule has 0 aromatic heterocycles. The van der Waals surface area contributed by atoms with Crippen molar-refractivity contribution in [2.24, 2.45) is 0 Å². The molecule has 7 heteroatoms. The molecule has 2 aliphatic heterocycles. The van der Waals surface area contributed by atoms with Crippen molar-refractivity contribution < 1.29 is 14.3 Å². The number of benzene rings is 1. The number of nitrogens with zero attached hydrogens (tertiary/aromatic N) is 1. The molecule has 2 N–H and O–H groups in total. The van der Waals surface area contributed by atoms with Crippen LogP contribution in [0.5, 0.6) is 0 Å². The predicted octanol–water partition coefficient (Wildman–Crippen LogP) is 1.99. The third-order valence-corrected chi connectivity index (χ3v) is 3.93. The van der Waals surface area contributed by atoms with Gasteiger partial charge in [-0.1, -0.05) is 11.6 Å². The van der Waals surface area contributed by atoms with Gasteiger partial charge in [-0.05, 0) is 31.0 Å². The molecule has 2 aliphatic rings. The van der Waals surface area contributed by atoms with Crippen molar-refractivity contribution in [1.29, 1.82) is 0 Å². The molecule has 1 atom stereocenters. The second-order valence-electron chi connectivity index (χ2n) is 5.04. The highest BCUT2D eigenvalue weighted by atomic mass is 35.5. The smallest absolute Gasteiger partial charge is 0.321 e. The Labute approximate surface area is 127 Å². The lowest BCUT2D eigenvalue weighted by atomic mass is 10.2. The van der Waals surface area contributed by atoms with Gasteiger partial charge in [-0.25, -0.2) is 4.79 Å². The average Bonchev–Trinajstić information content (AvgIpc) is 3.12. The minimum absolute atomic E-state index is 0.145. The largest absolute Gasteiger partial charge is 0.368 e. The lowest BCUT2D eigenvalue weighted by Crippen LogP contribution is -2.29. The fraction of sp³-hybridized carbons (Fsp3) is 0.429. The van der Waals surface area contributed by atoms with Gasteiger partial charge in [0.1, 0.15) is 6.10 Å². The van der Waals surface area contributed by atoms with Crippen LogP contribution in [0.4, 0.5) is 16.2 Å². The normalized spacial score (nSPS) is 21.5. The van der Waals surface area contributed by atoms with Crippen molar-refractivity contribution >= 4 is 34.9 Å². The number of ether oxygens (including phenoxy) is 1. The van der Waals surface area contributed by atoms with Crippen molar-refractivity contribution in [2.75, 3.05) is 29.9 Å². The molecule has 2 heterocycles. The molecule has 21 heavy (non-hydrogen) atoms. The summed E-state index contributed by atoms with van der Waals surface area (Å²) in [7, 11) is 0. The zero-order chi connectivity index (χ0) is 14.8. The summed E-state index contributed by atoms with van der Waals surface area (Å²) in [5.74, 6) is -0.197. The Morgan fingerprint density at radius 2 is 2.33 bits per heavy atom. The quantitative estimate of drug-likeness (QED) is 0.897. The van der Waals surface area contributed by atoms with Gasteiger partial charge in [-0.3, -0.25) is 9.69 Å². The summed E-state index contributed by atoms with van der Waals surface area (Å²) >= 11 is 6.12. The Kier molecular flexibility index (Phi) is 3.98. The number of carbonyl (C=O) groups excluding carboxylic acids is 2. The molecule has 1 aromatic rings. The summed E-state index contributed by atoms with van der Waals surface area (Å²) in [6, 6.07) is 5.00. The van der Waals surface area contributed by atoms with Crippen LogP contribution in [0.1, 0.15) is 12.8 Å². The standard InChI is InChI=1S/C14H16ClN3O3/c15-10-4-3-9(18-6-5-16-14(18)20)8-11(10)17-13(19)12-2-1-7-21-12/h3-4,8,12H,1-2,5-7H2,(H,16,20)(H,17,19)/t12-/m0/s1. The molecule has 0 saturated carbocycles. The SMILES string of the molecule is O=C(Nc1cc(N2CCNC2=O)ccc1Cl)[C@@H]1CCCO1. The molecule has 0 spiro atoms. The highest BCUT2D eigenvalue weighted by Gasteiger charge is 2.25. The van der Waals surface area contributed by atoms with Gasteiger partial charge in [0, 0.05) is 25.4 Å². The maximum absolute atomic E-state index is 12.1. The van der Waals surface area contributed by atoms with Crippen molar-refractivity contribution in [1.82, 2.24) is 5.32 Å². The van der Waals surface area contributed by atoms with Crippen LogP contribution in [0.3, 0.4) is 0 Å². The molecule has 6 nitrogen and oxygen atoms in total.